The molecule has 31 heavy (non-hydrogen) atoms. The standard InChI is InChI=1S/C25H34N2O4/c1-6-19(4)26-25(29)23(7-2)27(16-20-10-8-9-18(3)15-20)24(28)17-31-22-13-11-21(30-5)12-14-22/h8-15,19,23H,6-7,16-17H2,1-5H3,(H,26,29)/t19-,23+/m1/s1. The second-order valence-electron chi connectivity index (χ2n) is 7.72. The number of nitrogens with zero attached hydrogens (tertiary/aromatic N) is 1. The summed E-state index contributed by atoms with van der Waals surface area (Å²) in [7, 11) is 1.60. The molecule has 0 radical (unpaired) electrons. The number of carbonyl (C=O) groups is 2. The molecular formula is C25H34N2O4. The average molecular weight is 427 g/mol. The van der Waals surface area contributed by atoms with Gasteiger partial charge in [0.25, 0.3) is 5.91 Å². The largest absolute Gasteiger partial charge is 0.497 e. The number of hydrogen-bond donors (Lipinski definition) is 1. The van der Waals surface area contributed by atoms with Gasteiger partial charge in [-0.1, -0.05) is 43.7 Å². The highest BCUT2D eigenvalue weighted by Crippen LogP contribution is 2.18. The third kappa shape index (κ3) is 7.31. The van der Waals surface area contributed by atoms with Crippen molar-refractivity contribution in [2.45, 2.75) is 59.2 Å². The fraction of sp³-hybridized carbons (Fsp3) is 0.440. The fourth-order valence-electron chi connectivity index (χ4n) is 3.27. The Bertz CT molecular complexity index is 851. The fourth-order valence-corrected chi connectivity index (χ4v) is 3.27. The molecule has 168 valence electrons. The normalized spacial score (nSPS) is 12.5. The topological polar surface area (TPSA) is 67.9 Å². The molecule has 0 heterocycles. The lowest BCUT2D eigenvalue weighted by molar-refractivity contribution is -0.143. The van der Waals surface area contributed by atoms with Gasteiger partial charge in [0.15, 0.2) is 6.61 Å². The second-order valence-corrected chi connectivity index (χ2v) is 7.72. The lowest BCUT2D eigenvalue weighted by Gasteiger charge is -2.31. The lowest BCUT2D eigenvalue weighted by Crippen LogP contribution is -2.51. The summed E-state index contributed by atoms with van der Waals surface area (Å²) in [5.41, 5.74) is 2.09. The van der Waals surface area contributed by atoms with Crippen molar-refractivity contribution >= 4 is 11.8 Å². The molecule has 0 bridgehead atoms. The first-order valence-corrected chi connectivity index (χ1v) is 10.8. The van der Waals surface area contributed by atoms with Crippen LogP contribution in [0.15, 0.2) is 48.5 Å². The smallest absolute Gasteiger partial charge is 0.261 e. The molecule has 0 unspecified atom stereocenters. The third-order valence-corrected chi connectivity index (χ3v) is 5.24. The highest BCUT2D eigenvalue weighted by atomic mass is 16.5. The van der Waals surface area contributed by atoms with Gasteiger partial charge in [-0.25, -0.2) is 0 Å². The van der Waals surface area contributed by atoms with Crippen LogP contribution in [0.5, 0.6) is 11.5 Å². The third-order valence-electron chi connectivity index (χ3n) is 5.24. The Balaban J connectivity index is 2.19. The van der Waals surface area contributed by atoms with Crippen LogP contribution < -0.4 is 14.8 Å². The van der Waals surface area contributed by atoms with Gasteiger partial charge < -0.3 is 19.7 Å². The zero-order valence-corrected chi connectivity index (χ0v) is 19.2. The number of ether oxygens (including phenoxy) is 2. The Kier molecular flexibility index (Phi) is 9.38. The summed E-state index contributed by atoms with van der Waals surface area (Å²) in [6.45, 7) is 8.11. The molecular weight excluding hydrogens is 392 g/mol. The van der Waals surface area contributed by atoms with E-state index >= 15 is 0 Å². The van der Waals surface area contributed by atoms with Crippen LogP contribution in [0.1, 0.15) is 44.7 Å². The van der Waals surface area contributed by atoms with Crippen LogP contribution >= 0.6 is 0 Å². The van der Waals surface area contributed by atoms with E-state index in [0.29, 0.717) is 24.5 Å². The summed E-state index contributed by atoms with van der Waals surface area (Å²) in [5.74, 6) is 0.917. The molecule has 2 atom stereocenters. The van der Waals surface area contributed by atoms with E-state index in [2.05, 4.69) is 5.32 Å². The Morgan fingerprint density at radius 1 is 1.03 bits per heavy atom. The molecule has 0 saturated heterocycles. The van der Waals surface area contributed by atoms with Crippen LogP contribution in [-0.4, -0.2) is 42.5 Å². The van der Waals surface area contributed by atoms with Crippen LogP contribution in [-0.2, 0) is 16.1 Å². The van der Waals surface area contributed by atoms with Crippen molar-refractivity contribution in [3.05, 3.63) is 59.7 Å². The summed E-state index contributed by atoms with van der Waals surface area (Å²) in [5, 5.41) is 3.01. The van der Waals surface area contributed by atoms with Gasteiger partial charge in [0, 0.05) is 12.6 Å². The van der Waals surface area contributed by atoms with Crippen LogP contribution in [0.2, 0.25) is 0 Å². The predicted molar refractivity (Wildman–Crippen MR) is 122 cm³/mol. The SMILES string of the molecule is CC[C@@H](C)NC(=O)[C@H](CC)N(Cc1cccc(C)c1)C(=O)COc1ccc(OC)cc1. The minimum Gasteiger partial charge on any atom is -0.497 e. The molecule has 6 nitrogen and oxygen atoms in total. The zero-order valence-electron chi connectivity index (χ0n) is 19.2. The lowest BCUT2D eigenvalue weighted by atomic mass is 10.1. The molecule has 0 aliphatic rings. The van der Waals surface area contributed by atoms with E-state index in [9.17, 15) is 9.59 Å². The highest BCUT2D eigenvalue weighted by molar-refractivity contribution is 5.88. The number of hydrogen-bond acceptors (Lipinski definition) is 4. The van der Waals surface area contributed by atoms with E-state index in [0.717, 1.165) is 17.5 Å². The molecule has 0 aromatic heterocycles. The number of rotatable bonds is 11. The number of carbonyl (C=O) groups excluding carboxylic acids is 2. The van der Waals surface area contributed by atoms with Gasteiger partial charge in [-0.3, -0.25) is 9.59 Å². The Hall–Kier alpha value is -3.02. The second kappa shape index (κ2) is 12.0. The summed E-state index contributed by atoms with van der Waals surface area (Å²) in [6.07, 6.45) is 1.34. The number of benzene rings is 2. The highest BCUT2D eigenvalue weighted by Gasteiger charge is 2.29. The van der Waals surface area contributed by atoms with E-state index in [4.69, 9.17) is 9.47 Å². The summed E-state index contributed by atoms with van der Waals surface area (Å²) >= 11 is 0. The van der Waals surface area contributed by atoms with E-state index < -0.39 is 6.04 Å². The van der Waals surface area contributed by atoms with Crippen molar-refractivity contribution < 1.29 is 19.1 Å². The van der Waals surface area contributed by atoms with E-state index in [-0.39, 0.29) is 24.5 Å². The maximum Gasteiger partial charge on any atom is 0.261 e. The van der Waals surface area contributed by atoms with Crippen LogP contribution in [0, 0.1) is 6.92 Å². The average Bonchev–Trinajstić information content (AvgIpc) is 2.77. The van der Waals surface area contributed by atoms with Crippen molar-refractivity contribution in [1.29, 1.82) is 0 Å². The van der Waals surface area contributed by atoms with Crippen molar-refractivity contribution in [3.63, 3.8) is 0 Å². The minimum atomic E-state index is -0.568. The molecule has 6 heteroatoms. The van der Waals surface area contributed by atoms with Gasteiger partial charge in [0.05, 0.1) is 7.11 Å². The van der Waals surface area contributed by atoms with Gasteiger partial charge in [0.2, 0.25) is 5.91 Å². The molecule has 2 amide bonds. The van der Waals surface area contributed by atoms with Gasteiger partial charge in [-0.05, 0) is 56.5 Å². The van der Waals surface area contributed by atoms with Crippen LogP contribution in [0.25, 0.3) is 0 Å². The molecule has 2 aromatic rings. The maximum atomic E-state index is 13.2. The van der Waals surface area contributed by atoms with Crippen molar-refractivity contribution in [3.8, 4) is 11.5 Å². The van der Waals surface area contributed by atoms with Gasteiger partial charge >= 0.3 is 0 Å². The molecule has 2 rings (SSSR count). The van der Waals surface area contributed by atoms with Crippen molar-refractivity contribution in [1.82, 2.24) is 10.2 Å². The van der Waals surface area contributed by atoms with Crippen LogP contribution in [0.3, 0.4) is 0 Å². The molecule has 2 aromatic carbocycles. The first-order chi connectivity index (χ1) is 14.9. The molecule has 1 N–H and O–H groups in total. The molecule has 0 saturated carbocycles. The Labute approximate surface area is 185 Å². The van der Waals surface area contributed by atoms with Crippen molar-refractivity contribution in [2.75, 3.05) is 13.7 Å². The minimum absolute atomic E-state index is 0.0491. The van der Waals surface area contributed by atoms with Crippen LogP contribution in [0.4, 0.5) is 0 Å². The van der Waals surface area contributed by atoms with Gasteiger partial charge in [-0.15, -0.1) is 0 Å². The summed E-state index contributed by atoms with van der Waals surface area (Å²) < 4.78 is 10.9. The molecule has 0 spiro atoms. The molecule has 0 aliphatic carbocycles. The van der Waals surface area contributed by atoms with Gasteiger partial charge in [0.1, 0.15) is 17.5 Å². The van der Waals surface area contributed by atoms with E-state index in [1.807, 2.05) is 52.0 Å². The Morgan fingerprint density at radius 3 is 2.29 bits per heavy atom. The number of nitrogens with one attached hydrogen (secondary N) is 1. The van der Waals surface area contributed by atoms with E-state index in [1.54, 1.807) is 36.3 Å². The quantitative estimate of drug-likeness (QED) is 0.587. The molecule has 0 fully saturated rings. The Morgan fingerprint density at radius 2 is 1.71 bits per heavy atom. The predicted octanol–water partition coefficient (Wildman–Crippen LogP) is 4.10. The maximum absolute atomic E-state index is 13.2. The summed E-state index contributed by atoms with van der Waals surface area (Å²) in [6, 6.07) is 14.5. The monoisotopic (exact) mass is 426 g/mol. The van der Waals surface area contributed by atoms with E-state index in [1.165, 1.54) is 0 Å². The first-order valence-electron chi connectivity index (χ1n) is 10.8. The summed E-state index contributed by atoms with van der Waals surface area (Å²) in [4.78, 5) is 27.7. The first kappa shape index (κ1) is 24.3. The number of methoxy groups -OCH3 is 1. The molecule has 0 aliphatic heterocycles. The number of aryl methyl sites for hydroxylation is 1. The van der Waals surface area contributed by atoms with Gasteiger partial charge in [-0.2, -0.15) is 0 Å². The number of amides is 2. The zero-order chi connectivity index (χ0) is 22.8. The van der Waals surface area contributed by atoms with Crippen molar-refractivity contribution in [2.24, 2.45) is 0 Å².